The number of fused-ring (bicyclic) bond motifs is 2. The minimum atomic E-state index is -0.217. The number of carbonyl (C=O) groups excluding carboxylic acids is 2. The SMILES string of the molecule is O=C1C2CCCN2C(=O)CN1c1cccc2c1CCCC2. The largest absolute Gasteiger partial charge is 0.329 e. The summed E-state index contributed by atoms with van der Waals surface area (Å²) < 4.78 is 0. The van der Waals surface area contributed by atoms with Crippen molar-refractivity contribution in [3.05, 3.63) is 29.3 Å². The lowest BCUT2D eigenvalue weighted by Gasteiger charge is -2.37. The standard InChI is InChI=1S/C17H20N2O2/c20-16-11-19(17(21)15-9-4-10-18(15)16)14-8-3-6-12-5-1-2-7-13(12)14/h3,6,8,15H,1-2,4-5,7,9-11H2. The predicted molar refractivity (Wildman–Crippen MR) is 80.2 cm³/mol. The smallest absolute Gasteiger partial charge is 0.250 e. The molecule has 110 valence electrons. The van der Waals surface area contributed by atoms with E-state index in [2.05, 4.69) is 6.07 Å². The van der Waals surface area contributed by atoms with Crippen molar-refractivity contribution in [2.45, 2.75) is 44.6 Å². The first kappa shape index (κ1) is 12.9. The highest BCUT2D eigenvalue weighted by Crippen LogP contribution is 2.33. The molecule has 2 fully saturated rings. The Balaban J connectivity index is 1.73. The fourth-order valence-electron chi connectivity index (χ4n) is 4.02. The Labute approximate surface area is 124 Å². The molecule has 0 aromatic heterocycles. The third kappa shape index (κ3) is 1.96. The topological polar surface area (TPSA) is 40.6 Å². The lowest BCUT2D eigenvalue weighted by molar-refractivity contribution is -0.140. The van der Waals surface area contributed by atoms with Crippen molar-refractivity contribution in [3.63, 3.8) is 0 Å². The molecule has 0 N–H and O–H groups in total. The molecule has 0 saturated carbocycles. The number of piperazine rings is 1. The van der Waals surface area contributed by atoms with E-state index in [9.17, 15) is 9.59 Å². The zero-order valence-corrected chi connectivity index (χ0v) is 12.2. The third-order valence-corrected chi connectivity index (χ3v) is 5.08. The van der Waals surface area contributed by atoms with Crippen LogP contribution in [0.3, 0.4) is 0 Å². The van der Waals surface area contributed by atoms with Crippen molar-refractivity contribution >= 4 is 17.5 Å². The van der Waals surface area contributed by atoms with Crippen LogP contribution in [0.1, 0.15) is 36.8 Å². The fraction of sp³-hybridized carbons (Fsp3) is 0.529. The molecule has 1 atom stereocenters. The molecule has 1 aromatic carbocycles. The van der Waals surface area contributed by atoms with Gasteiger partial charge in [-0.2, -0.15) is 0 Å². The summed E-state index contributed by atoms with van der Waals surface area (Å²) in [5.41, 5.74) is 3.63. The van der Waals surface area contributed by atoms with Crippen molar-refractivity contribution in [1.82, 2.24) is 4.90 Å². The Morgan fingerprint density at radius 2 is 1.90 bits per heavy atom. The Morgan fingerprint density at radius 3 is 2.81 bits per heavy atom. The second-order valence-electron chi connectivity index (χ2n) is 6.29. The van der Waals surface area contributed by atoms with E-state index in [1.807, 2.05) is 12.1 Å². The van der Waals surface area contributed by atoms with Crippen molar-refractivity contribution in [2.75, 3.05) is 18.0 Å². The number of nitrogens with zero attached hydrogens (tertiary/aromatic N) is 2. The van der Waals surface area contributed by atoms with Crippen LogP contribution in [-0.4, -0.2) is 35.8 Å². The van der Waals surface area contributed by atoms with Gasteiger partial charge in [-0.25, -0.2) is 0 Å². The molecule has 4 rings (SSSR count). The molecule has 2 saturated heterocycles. The molecule has 0 radical (unpaired) electrons. The highest BCUT2D eigenvalue weighted by atomic mass is 16.2. The van der Waals surface area contributed by atoms with E-state index in [0.29, 0.717) is 0 Å². The maximum absolute atomic E-state index is 12.8. The zero-order valence-electron chi connectivity index (χ0n) is 12.2. The number of anilines is 1. The van der Waals surface area contributed by atoms with Gasteiger partial charge in [-0.1, -0.05) is 12.1 Å². The number of amides is 2. The second kappa shape index (κ2) is 4.86. The van der Waals surface area contributed by atoms with Crippen LogP contribution >= 0.6 is 0 Å². The third-order valence-electron chi connectivity index (χ3n) is 5.08. The van der Waals surface area contributed by atoms with Crippen LogP contribution in [0.25, 0.3) is 0 Å². The van der Waals surface area contributed by atoms with Gasteiger partial charge in [0, 0.05) is 12.2 Å². The molecule has 2 aliphatic heterocycles. The number of hydrogen-bond acceptors (Lipinski definition) is 2. The summed E-state index contributed by atoms with van der Waals surface area (Å²) in [6.45, 7) is 0.960. The minimum Gasteiger partial charge on any atom is -0.329 e. The molecule has 21 heavy (non-hydrogen) atoms. The van der Waals surface area contributed by atoms with Crippen LogP contribution in [0.5, 0.6) is 0 Å². The first-order valence-corrected chi connectivity index (χ1v) is 7.97. The molecular formula is C17H20N2O2. The van der Waals surface area contributed by atoms with Crippen molar-refractivity contribution in [3.8, 4) is 0 Å². The number of benzene rings is 1. The van der Waals surface area contributed by atoms with Gasteiger partial charge in [0.2, 0.25) is 11.8 Å². The summed E-state index contributed by atoms with van der Waals surface area (Å²) >= 11 is 0. The quantitative estimate of drug-likeness (QED) is 0.790. The Kier molecular flexibility index (Phi) is 2.98. The summed E-state index contributed by atoms with van der Waals surface area (Å²) in [5, 5.41) is 0. The van der Waals surface area contributed by atoms with Gasteiger partial charge < -0.3 is 9.80 Å². The summed E-state index contributed by atoms with van der Waals surface area (Å²) in [6, 6.07) is 5.99. The van der Waals surface area contributed by atoms with Crippen molar-refractivity contribution in [2.24, 2.45) is 0 Å². The van der Waals surface area contributed by atoms with E-state index in [1.165, 1.54) is 24.0 Å². The number of rotatable bonds is 1. The van der Waals surface area contributed by atoms with E-state index < -0.39 is 0 Å². The van der Waals surface area contributed by atoms with Gasteiger partial charge in [0.05, 0.1) is 0 Å². The molecule has 3 aliphatic rings. The maximum Gasteiger partial charge on any atom is 0.250 e. The monoisotopic (exact) mass is 284 g/mol. The predicted octanol–water partition coefficient (Wildman–Crippen LogP) is 1.90. The highest BCUT2D eigenvalue weighted by Gasteiger charge is 2.42. The van der Waals surface area contributed by atoms with E-state index in [0.717, 1.165) is 37.9 Å². The highest BCUT2D eigenvalue weighted by molar-refractivity contribution is 6.07. The molecule has 2 amide bonds. The molecule has 1 aliphatic carbocycles. The lowest BCUT2D eigenvalue weighted by atomic mass is 9.89. The van der Waals surface area contributed by atoms with Gasteiger partial charge in [-0.15, -0.1) is 0 Å². The molecule has 1 unspecified atom stereocenters. The minimum absolute atomic E-state index is 0.102. The number of aryl methyl sites for hydroxylation is 1. The van der Waals surface area contributed by atoms with Crippen LogP contribution < -0.4 is 4.90 Å². The Bertz CT molecular complexity index is 611. The van der Waals surface area contributed by atoms with Crippen LogP contribution in [-0.2, 0) is 22.4 Å². The molecule has 1 aromatic rings. The Hall–Kier alpha value is -1.84. The van der Waals surface area contributed by atoms with Crippen molar-refractivity contribution in [1.29, 1.82) is 0 Å². The first-order valence-electron chi connectivity index (χ1n) is 7.97. The van der Waals surface area contributed by atoms with E-state index in [-0.39, 0.29) is 24.4 Å². The summed E-state index contributed by atoms with van der Waals surface area (Å²) in [5.74, 6) is 0.219. The van der Waals surface area contributed by atoms with Gasteiger partial charge in [-0.05, 0) is 55.7 Å². The average molecular weight is 284 g/mol. The average Bonchev–Trinajstić information content (AvgIpc) is 3.01. The van der Waals surface area contributed by atoms with Crippen LogP contribution in [0, 0.1) is 0 Å². The van der Waals surface area contributed by atoms with E-state index in [4.69, 9.17) is 0 Å². The number of hydrogen-bond donors (Lipinski definition) is 0. The van der Waals surface area contributed by atoms with Gasteiger partial charge in [0.15, 0.2) is 0 Å². The van der Waals surface area contributed by atoms with E-state index in [1.54, 1.807) is 9.80 Å². The number of carbonyl (C=O) groups is 2. The lowest BCUT2D eigenvalue weighted by Crippen LogP contribution is -2.57. The van der Waals surface area contributed by atoms with Crippen LogP contribution in [0.4, 0.5) is 5.69 Å². The Morgan fingerprint density at radius 1 is 1.05 bits per heavy atom. The van der Waals surface area contributed by atoms with Gasteiger partial charge in [-0.3, -0.25) is 9.59 Å². The molecular weight excluding hydrogens is 264 g/mol. The summed E-state index contributed by atoms with van der Waals surface area (Å²) in [4.78, 5) is 28.6. The van der Waals surface area contributed by atoms with Gasteiger partial charge >= 0.3 is 0 Å². The van der Waals surface area contributed by atoms with Gasteiger partial charge in [0.25, 0.3) is 0 Å². The fourth-order valence-corrected chi connectivity index (χ4v) is 4.02. The summed E-state index contributed by atoms with van der Waals surface area (Å²) in [6.07, 6.45) is 6.28. The zero-order chi connectivity index (χ0) is 14.4. The van der Waals surface area contributed by atoms with Crippen LogP contribution in [0.15, 0.2) is 18.2 Å². The first-order chi connectivity index (χ1) is 10.3. The van der Waals surface area contributed by atoms with Crippen molar-refractivity contribution < 1.29 is 9.59 Å². The molecule has 0 bridgehead atoms. The van der Waals surface area contributed by atoms with E-state index >= 15 is 0 Å². The molecule has 2 heterocycles. The molecule has 4 nitrogen and oxygen atoms in total. The molecule has 0 spiro atoms. The maximum atomic E-state index is 12.8. The second-order valence-corrected chi connectivity index (χ2v) is 6.29. The van der Waals surface area contributed by atoms with Gasteiger partial charge in [0.1, 0.15) is 12.6 Å². The molecule has 4 heteroatoms. The normalized spacial score (nSPS) is 25.0. The van der Waals surface area contributed by atoms with Crippen LogP contribution in [0.2, 0.25) is 0 Å². The summed E-state index contributed by atoms with van der Waals surface area (Å²) in [7, 11) is 0.